The molecular formula is C21H23ClN2O. The number of nitrogens with zero attached hydrogens (tertiary/aromatic N) is 1. The zero-order valence-electron chi connectivity index (χ0n) is 14.3. The summed E-state index contributed by atoms with van der Waals surface area (Å²) < 4.78 is 0. The fourth-order valence-corrected chi connectivity index (χ4v) is 6.35. The highest BCUT2D eigenvalue weighted by atomic mass is 35.5. The number of aromatic nitrogens is 1. The van der Waals surface area contributed by atoms with Gasteiger partial charge >= 0.3 is 0 Å². The summed E-state index contributed by atoms with van der Waals surface area (Å²) in [5.74, 6) is 2.61. The molecule has 0 radical (unpaired) electrons. The van der Waals surface area contributed by atoms with E-state index in [1.165, 1.54) is 38.5 Å². The smallest absolute Gasteiger partial charge is 0.254 e. The molecule has 1 heterocycles. The molecule has 4 aliphatic carbocycles. The van der Waals surface area contributed by atoms with Crippen molar-refractivity contribution < 1.29 is 4.79 Å². The zero-order chi connectivity index (χ0) is 17.0. The average molecular weight is 355 g/mol. The average Bonchev–Trinajstić information content (AvgIpc) is 2.58. The SMILES string of the molecule is O=C(NCC12CC3CC(CC(C3)C1)C2)c1cc2ccccc2nc1Cl. The molecule has 0 atom stereocenters. The van der Waals surface area contributed by atoms with E-state index in [-0.39, 0.29) is 5.91 Å². The number of nitrogens with one attached hydrogen (secondary N) is 1. The minimum atomic E-state index is -0.0843. The third kappa shape index (κ3) is 2.73. The summed E-state index contributed by atoms with van der Waals surface area (Å²) in [6.07, 6.45) is 8.16. The van der Waals surface area contributed by atoms with Crippen LogP contribution in [0.5, 0.6) is 0 Å². The van der Waals surface area contributed by atoms with Crippen LogP contribution in [-0.2, 0) is 0 Å². The zero-order valence-corrected chi connectivity index (χ0v) is 15.1. The van der Waals surface area contributed by atoms with Crippen molar-refractivity contribution in [1.82, 2.24) is 10.3 Å². The topological polar surface area (TPSA) is 42.0 Å². The molecule has 0 saturated heterocycles. The van der Waals surface area contributed by atoms with Crippen molar-refractivity contribution in [2.45, 2.75) is 38.5 Å². The van der Waals surface area contributed by atoms with Crippen LogP contribution in [0.3, 0.4) is 0 Å². The molecule has 1 aromatic carbocycles. The Kier molecular flexibility index (Phi) is 3.56. The van der Waals surface area contributed by atoms with E-state index in [1.807, 2.05) is 30.3 Å². The van der Waals surface area contributed by atoms with Gasteiger partial charge in [-0.1, -0.05) is 29.8 Å². The van der Waals surface area contributed by atoms with Crippen molar-refractivity contribution >= 4 is 28.4 Å². The molecule has 130 valence electrons. The second-order valence-electron chi connectivity index (χ2n) is 8.62. The van der Waals surface area contributed by atoms with Gasteiger partial charge in [0.15, 0.2) is 0 Å². The van der Waals surface area contributed by atoms with Gasteiger partial charge in [-0.25, -0.2) is 4.98 Å². The predicted octanol–water partition coefficient (Wildman–Crippen LogP) is 4.83. The fraction of sp³-hybridized carbons (Fsp3) is 0.524. The summed E-state index contributed by atoms with van der Waals surface area (Å²) in [6.45, 7) is 0.790. The quantitative estimate of drug-likeness (QED) is 0.802. The Balaban J connectivity index is 1.35. The van der Waals surface area contributed by atoms with Crippen LogP contribution in [0.4, 0.5) is 0 Å². The van der Waals surface area contributed by atoms with Crippen molar-refractivity contribution in [3.8, 4) is 0 Å². The Morgan fingerprint density at radius 2 is 1.76 bits per heavy atom. The van der Waals surface area contributed by atoms with Gasteiger partial charge in [0.25, 0.3) is 5.91 Å². The molecule has 6 rings (SSSR count). The second-order valence-corrected chi connectivity index (χ2v) is 8.98. The number of hydrogen-bond acceptors (Lipinski definition) is 2. The number of carbonyl (C=O) groups excluding carboxylic acids is 1. The summed E-state index contributed by atoms with van der Waals surface area (Å²) in [7, 11) is 0. The van der Waals surface area contributed by atoms with Crippen LogP contribution < -0.4 is 5.32 Å². The lowest BCUT2D eigenvalue weighted by atomic mass is 9.49. The number of halogens is 1. The summed E-state index contributed by atoms with van der Waals surface area (Å²) in [4.78, 5) is 17.1. The first-order chi connectivity index (χ1) is 12.1. The normalized spacial score (nSPS) is 32.9. The van der Waals surface area contributed by atoms with Crippen molar-refractivity contribution in [2.75, 3.05) is 6.54 Å². The summed E-state index contributed by atoms with van der Waals surface area (Å²) >= 11 is 6.28. The molecule has 4 saturated carbocycles. The van der Waals surface area contributed by atoms with Gasteiger partial charge in [0.2, 0.25) is 0 Å². The van der Waals surface area contributed by atoms with Crippen LogP contribution in [-0.4, -0.2) is 17.4 Å². The minimum absolute atomic E-state index is 0.0843. The molecule has 1 amide bonds. The van der Waals surface area contributed by atoms with E-state index in [2.05, 4.69) is 10.3 Å². The minimum Gasteiger partial charge on any atom is -0.351 e. The van der Waals surface area contributed by atoms with Crippen LogP contribution in [0.15, 0.2) is 30.3 Å². The van der Waals surface area contributed by atoms with E-state index in [9.17, 15) is 4.79 Å². The summed E-state index contributed by atoms with van der Waals surface area (Å²) in [5, 5.41) is 4.44. The van der Waals surface area contributed by atoms with Gasteiger partial charge in [0.05, 0.1) is 11.1 Å². The maximum atomic E-state index is 12.8. The van der Waals surface area contributed by atoms with Crippen LogP contribution in [0.1, 0.15) is 48.9 Å². The van der Waals surface area contributed by atoms with Gasteiger partial charge in [0, 0.05) is 11.9 Å². The van der Waals surface area contributed by atoms with Gasteiger partial charge in [0.1, 0.15) is 5.15 Å². The van der Waals surface area contributed by atoms with Crippen LogP contribution >= 0.6 is 11.6 Å². The van der Waals surface area contributed by atoms with Crippen LogP contribution in [0.25, 0.3) is 10.9 Å². The van der Waals surface area contributed by atoms with Crippen molar-refractivity contribution in [3.05, 3.63) is 41.0 Å². The van der Waals surface area contributed by atoms with Gasteiger partial charge in [-0.15, -0.1) is 0 Å². The molecule has 4 bridgehead atoms. The first-order valence-corrected chi connectivity index (χ1v) is 9.81. The Hall–Kier alpha value is -1.61. The fourth-order valence-electron chi connectivity index (χ4n) is 6.12. The van der Waals surface area contributed by atoms with Crippen LogP contribution in [0, 0.1) is 23.2 Å². The summed E-state index contributed by atoms with van der Waals surface area (Å²) in [5.41, 5.74) is 1.65. The standard InChI is InChI=1S/C21H23ClN2O/c22-19-17(8-16-3-1-2-4-18(16)24-19)20(25)23-12-21-9-13-5-14(10-21)7-15(6-13)11-21/h1-4,8,13-15H,5-7,9-12H2,(H,23,25). The van der Waals surface area contributed by atoms with Crippen molar-refractivity contribution in [1.29, 1.82) is 0 Å². The predicted molar refractivity (Wildman–Crippen MR) is 99.7 cm³/mol. The highest BCUT2D eigenvalue weighted by Gasteiger charge is 2.50. The van der Waals surface area contributed by atoms with Gasteiger partial charge in [-0.2, -0.15) is 0 Å². The number of carbonyl (C=O) groups is 1. The van der Waals surface area contributed by atoms with E-state index >= 15 is 0 Å². The van der Waals surface area contributed by atoms with E-state index in [4.69, 9.17) is 11.6 Å². The first kappa shape index (κ1) is 15.6. The number of pyridine rings is 1. The molecule has 0 aliphatic heterocycles. The lowest BCUT2D eigenvalue weighted by molar-refractivity contribution is -0.0503. The monoisotopic (exact) mass is 354 g/mol. The molecule has 3 nitrogen and oxygen atoms in total. The Bertz CT molecular complexity index is 812. The number of rotatable bonds is 3. The Morgan fingerprint density at radius 1 is 1.12 bits per heavy atom. The molecule has 4 heteroatoms. The molecule has 0 spiro atoms. The van der Waals surface area contributed by atoms with E-state index in [1.54, 1.807) is 0 Å². The molecular weight excluding hydrogens is 332 g/mol. The van der Waals surface area contributed by atoms with E-state index in [0.29, 0.717) is 16.1 Å². The van der Waals surface area contributed by atoms with Crippen molar-refractivity contribution in [3.63, 3.8) is 0 Å². The second kappa shape index (κ2) is 5.70. The largest absolute Gasteiger partial charge is 0.351 e. The molecule has 25 heavy (non-hydrogen) atoms. The molecule has 4 aliphatic rings. The van der Waals surface area contributed by atoms with E-state index < -0.39 is 0 Å². The summed E-state index contributed by atoms with van der Waals surface area (Å²) in [6, 6.07) is 9.63. The molecule has 1 N–H and O–H groups in total. The molecule has 4 fully saturated rings. The van der Waals surface area contributed by atoms with E-state index in [0.717, 1.165) is 35.2 Å². The Labute approximate surface area is 153 Å². The highest BCUT2D eigenvalue weighted by Crippen LogP contribution is 2.59. The number of para-hydroxylation sites is 1. The molecule has 0 unspecified atom stereocenters. The number of benzene rings is 1. The maximum Gasteiger partial charge on any atom is 0.254 e. The van der Waals surface area contributed by atoms with Crippen molar-refractivity contribution in [2.24, 2.45) is 23.2 Å². The number of fused-ring (bicyclic) bond motifs is 1. The number of hydrogen-bond donors (Lipinski definition) is 1. The highest BCUT2D eigenvalue weighted by molar-refractivity contribution is 6.33. The van der Waals surface area contributed by atoms with Gasteiger partial charge in [-0.3, -0.25) is 4.79 Å². The number of amides is 1. The Morgan fingerprint density at radius 3 is 2.44 bits per heavy atom. The third-order valence-electron chi connectivity index (χ3n) is 6.71. The van der Waals surface area contributed by atoms with Gasteiger partial charge < -0.3 is 5.32 Å². The van der Waals surface area contributed by atoms with Gasteiger partial charge in [-0.05, 0) is 73.8 Å². The molecule has 1 aromatic heterocycles. The lowest BCUT2D eigenvalue weighted by Crippen LogP contribution is -2.51. The maximum absolute atomic E-state index is 12.8. The lowest BCUT2D eigenvalue weighted by Gasteiger charge is -2.56. The first-order valence-electron chi connectivity index (χ1n) is 9.44. The molecule has 2 aromatic rings. The van der Waals surface area contributed by atoms with Crippen LogP contribution in [0.2, 0.25) is 5.15 Å². The third-order valence-corrected chi connectivity index (χ3v) is 7.00.